The quantitative estimate of drug-likeness (QED) is 0.601. The zero-order chi connectivity index (χ0) is 18.4. The molecule has 2 fully saturated rings. The van der Waals surface area contributed by atoms with Crippen LogP contribution in [-0.4, -0.2) is 35.7 Å². The third-order valence-electron chi connectivity index (χ3n) is 8.04. The van der Waals surface area contributed by atoms with Crippen molar-refractivity contribution in [3.8, 4) is 0 Å². The van der Waals surface area contributed by atoms with Crippen molar-refractivity contribution in [1.82, 2.24) is 10.6 Å². The molecule has 0 aromatic rings. The summed E-state index contributed by atoms with van der Waals surface area (Å²) in [5.74, 6) is 0. The Morgan fingerprint density at radius 1 is 0.875 bits per heavy atom. The summed E-state index contributed by atoms with van der Waals surface area (Å²) in [6, 6.07) is 1.54. The number of rotatable bonds is 6. The fraction of sp³-hybridized carbons (Fsp3) is 1.00. The Labute approximate surface area is 149 Å². The van der Waals surface area contributed by atoms with E-state index < -0.39 is 0 Å². The summed E-state index contributed by atoms with van der Waals surface area (Å²) in [7, 11) is 0. The van der Waals surface area contributed by atoms with Crippen molar-refractivity contribution in [2.75, 3.05) is 6.54 Å². The predicted octanol–water partition coefficient (Wildman–Crippen LogP) is 2.76. The molecular weight excluding hydrogens is 296 g/mol. The molecule has 24 heavy (non-hydrogen) atoms. The molecule has 0 aromatic heterocycles. The lowest BCUT2D eigenvalue weighted by atomic mass is 9.74. The number of nitrogens with one attached hydrogen (secondary N) is 2. The standard InChI is InChI=1S/C20H42N4/c1-14(24-16-9-12-20(7,22)18(16,4)5)10-13-23-15-8-11-19(6,21)17(15,2)3/h14-16,23-24H,8-13,21-22H2,1-7H3/t14?,15-,16-,19+,20+/m0/s1. The van der Waals surface area contributed by atoms with Crippen LogP contribution in [0.25, 0.3) is 0 Å². The van der Waals surface area contributed by atoms with E-state index in [9.17, 15) is 0 Å². The van der Waals surface area contributed by atoms with Crippen molar-refractivity contribution in [3.05, 3.63) is 0 Å². The summed E-state index contributed by atoms with van der Waals surface area (Å²) in [5, 5.41) is 7.62. The Hall–Kier alpha value is -0.160. The van der Waals surface area contributed by atoms with Crippen LogP contribution in [0, 0.1) is 10.8 Å². The van der Waals surface area contributed by atoms with Crippen LogP contribution >= 0.6 is 0 Å². The van der Waals surface area contributed by atoms with Gasteiger partial charge in [0.15, 0.2) is 0 Å². The Kier molecular flexibility index (Phi) is 5.49. The second-order valence-corrected chi connectivity index (χ2v) is 10.3. The lowest BCUT2D eigenvalue weighted by molar-refractivity contribution is 0.171. The highest BCUT2D eigenvalue weighted by Crippen LogP contribution is 2.45. The van der Waals surface area contributed by atoms with Crippen LogP contribution in [-0.2, 0) is 0 Å². The van der Waals surface area contributed by atoms with E-state index in [-0.39, 0.29) is 21.9 Å². The van der Waals surface area contributed by atoms with Crippen LogP contribution < -0.4 is 22.1 Å². The summed E-state index contributed by atoms with van der Waals surface area (Å²) >= 11 is 0. The molecule has 4 heteroatoms. The Bertz CT molecular complexity index is 439. The van der Waals surface area contributed by atoms with Crippen molar-refractivity contribution >= 4 is 0 Å². The molecule has 0 heterocycles. The van der Waals surface area contributed by atoms with E-state index >= 15 is 0 Å². The van der Waals surface area contributed by atoms with Gasteiger partial charge in [0, 0.05) is 29.2 Å². The van der Waals surface area contributed by atoms with Gasteiger partial charge in [0.05, 0.1) is 0 Å². The van der Waals surface area contributed by atoms with Crippen LogP contribution in [0.2, 0.25) is 0 Å². The van der Waals surface area contributed by atoms with Gasteiger partial charge in [-0.1, -0.05) is 27.7 Å². The molecule has 142 valence electrons. The maximum atomic E-state index is 6.50. The first-order chi connectivity index (χ1) is 10.8. The molecule has 2 aliphatic carbocycles. The topological polar surface area (TPSA) is 76.1 Å². The summed E-state index contributed by atoms with van der Waals surface area (Å²) < 4.78 is 0. The summed E-state index contributed by atoms with van der Waals surface area (Å²) in [4.78, 5) is 0. The SMILES string of the molecule is CC(CCN[C@H]1CC[C@@](C)(N)C1(C)C)N[C@H]1CC[C@@](C)(N)C1(C)C. The van der Waals surface area contributed by atoms with Crippen molar-refractivity contribution in [1.29, 1.82) is 0 Å². The lowest BCUT2D eigenvalue weighted by Gasteiger charge is -2.40. The molecule has 2 saturated carbocycles. The minimum atomic E-state index is -0.0674. The monoisotopic (exact) mass is 338 g/mol. The van der Waals surface area contributed by atoms with Gasteiger partial charge in [0.25, 0.3) is 0 Å². The molecule has 0 aromatic carbocycles. The number of nitrogens with two attached hydrogens (primary N) is 2. The van der Waals surface area contributed by atoms with Crippen LogP contribution in [0.4, 0.5) is 0 Å². The molecule has 0 saturated heterocycles. The molecule has 2 aliphatic rings. The largest absolute Gasteiger partial charge is 0.325 e. The minimum Gasteiger partial charge on any atom is -0.325 e. The van der Waals surface area contributed by atoms with Gasteiger partial charge in [-0.15, -0.1) is 0 Å². The predicted molar refractivity (Wildman–Crippen MR) is 104 cm³/mol. The van der Waals surface area contributed by atoms with Gasteiger partial charge in [0.1, 0.15) is 0 Å². The lowest BCUT2D eigenvalue weighted by Crippen LogP contribution is -2.55. The average molecular weight is 339 g/mol. The van der Waals surface area contributed by atoms with E-state index in [2.05, 4.69) is 59.1 Å². The average Bonchev–Trinajstić information content (AvgIpc) is 2.76. The molecule has 0 amide bonds. The third kappa shape index (κ3) is 3.53. The van der Waals surface area contributed by atoms with Crippen LogP contribution in [0.1, 0.15) is 80.6 Å². The molecule has 2 rings (SSSR count). The number of hydrogen-bond donors (Lipinski definition) is 4. The van der Waals surface area contributed by atoms with Crippen molar-refractivity contribution in [2.24, 2.45) is 22.3 Å². The molecule has 0 spiro atoms. The van der Waals surface area contributed by atoms with E-state index in [1.165, 1.54) is 12.8 Å². The first-order valence-electron chi connectivity index (χ1n) is 9.88. The Morgan fingerprint density at radius 2 is 1.33 bits per heavy atom. The first-order valence-corrected chi connectivity index (χ1v) is 9.88. The molecule has 0 radical (unpaired) electrons. The van der Waals surface area contributed by atoms with E-state index in [0.29, 0.717) is 18.1 Å². The number of hydrogen-bond acceptors (Lipinski definition) is 4. The molecule has 4 nitrogen and oxygen atoms in total. The van der Waals surface area contributed by atoms with Crippen molar-refractivity contribution in [3.63, 3.8) is 0 Å². The molecule has 0 aliphatic heterocycles. The summed E-state index contributed by atoms with van der Waals surface area (Å²) in [6.45, 7) is 17.0. The van der Waals surface area contributed by atoms with Gasteiger partial charge < -0.3 is 22.1 Å². The van der Waals surface area contributed by atoms with E-state index in [1.54, 1.807) is 0 Å². The van der Waals surface area contributed by atoms with Crippen molar-refractivity contribution in [2.45, 2.75) is 110 Å². The Morgan fingerprint density at radius 3 is 1.75 bits per heavy atom. The van der Waals surface area contributed by atoms with E-state index in [0.717, 1.165) is 25.8 Å². The van der Waals surface area contributed by atoms with Gasteiger partial charge >= 0.3 is 0 Å². The van der Waals surface area contributed by atoms with Crippen LogP contribution in [0.15, 0.2) is 0 Å². The highest BCUT2D eigenvalue weighted by atomic mass is 15.0. The van der Waals surface area contributed by atoms with Gasteiger partial charge in [-0.05, 0) is 70.3 Å². The van der Waals surface area contributed by atoms with Gasteiger partial charge in [-0.25, -0.2) is 0 Å². The molecule has 1 unspecified atom stereocenters. The summed E-state index contributed by atoms with van der Waals surface area (Å²) in [5.41, 5.74) is 13.1. The maximum Gasteiger partial charge on any atom is 0.0192 e. The molecule has 0 bridgehead atoms. The van der Waals surface area contributed by atoms with Gasteiger partial charge in [0.2, 0.25) is 0 Å². The first kappa shape index (κ1) is 20.2. The fourth-order valence-electron chi connectivity index (χ4n) is 4.60. The fourth-order valence-corrected chi connectivity index (χ4v) is 4.60. The third-order valence-corrected chi connectivity index (χ3v) is 8.04. The van der Waals surface area contributed by atoms with E-state index in [4.69, 9.17) is 11.5 Å². The zero-order valence-corrected chi connectivity index (χ0v) is 17.1. The highest BCUT2D eigenvalue weighted by Gasteiger charge is 2.50. The van der Waals surface area contributed by atoms with E-state index in [1.807, 2.05) is 0 Å². The smallest absolute Gasteiger partial charge is 0.0192 e. The zero-order valence-electron chi connectivity index (χ0n) is 17.1. The molecule has 6 N–H and O–H groups in total. The van der Waals surface area contributed by atoms with Crippen LogP contribution in [0.5, 0.6) is 0 Å². The highest BCUT2D eigenvalue weighted by molar-refractivity contribution is 5.08. The normalized spacial score (nSPS) is 42.4. The minimum absolute atomic E-state index is 0.0615. The second-order valence-electron chi connectivity index (χ2n) is 10.3. The molecule has 5 atom stereocenters. The van der Waals surface area contributed by atoms with Crippen LogP contribution in [0.3, 0.4) is 0 Å². The second kappa shape index (κ2) is 6.53. The van der Waals surface area contributed by atoms with Gasteiger partial charge in [-0.3, -0.25) is 0 Å². The van der Waals surface area contributed by atoms with Crippen molar-refractivity contribution < 1.29 is 0 Å². The van der Waals surface area contributed by atoms with Gasteiger partial charge in [-0.2, -0.15) is 0 Å². The Balaban J connectivity index is 1.78. The molecular formula is C20H42N4. The summed E-state index contributed by atoms with van der Waals surface area (Å²) in [6.07, 6.45) is 5.72. The maximum absolute atomic E-state index is 6.50.